The Labute approximate surface area is 294 Å². The van der Waals surface area contributed by atoms with Crippen LogP contribution in [0, 0.1) is 0 Å². The number of hydrogen-bond acceptors (Lipinski definition) is 0. The van der Waals surface area contributed by atoms with Crippen LogP contribution in [0.5, 0.6) is 0 Å². The minimum absolute atomic E-state index is 1.15. The molecule has 0 aliphatic heterocycles. The fourth-order valence-corrected chi connectivity index (χ4v) is 8.37. The molecule has 0 aliphatic rings. The van der Waals surface area contributed by atoms with Crippen LogP contribution < -0.4 is 0 Å². The van der Waals surface area contributed by atoms with E-state index in [1.54, 1.807) is 0 Å². The van der Waals surface area contributed by atoms with Crippen molar-refractivity contribution < 1.29 is 0 Å². The van der Waals surface area contributed by atoms with Crippen molar-refractivity contribution in [2.45, 2.75) is 0 Å². The third-order valence-corrected chi connectivity index (χ3v) is 10.6. The van der Waals surface area contributed by atoms with Gasteiger partial charge in [-0.3, -0.25) is 0 Å². The maximum atomic E-state index is 2.46. The van der Waals surface area contributed by atoms with E-state index < -0.39 is 0 Å². The van der Waals surface area contributed by atoms with E-state index in [1.165, 1.54) is 76.5 Å². The molecule has 238 valence electrons. The van der Waals surface area contributed by atoms with Crippen LogP contribution in [0.2, 0.25) is 0 Å². The highest BCUT2D eigenvalue weighted by atomic mass is 15.0. The van der Waals surface area contributed by atoms with Crippen molar-refractivity contribution in [1.82, 2.24) is 13.7 Å². The average molecular weight is 650 g/mol. The van der Waals surface area contributed by atoms with Crippen molar-refractivity contribution in [3.05, 3.63) is 188 Å². The molecule has 0 saturated carbocycles. The standard InChI is InChI=1S/C48H31N3/c1-3-13-32(14-4-1)33-23-25-35(26-24-33)50-44-21-11-8-18-38(44)41-31-48-42(30-47(41)50)39-19-9-12-22-45(39)51(48)36-27-28-40-37-17-7-10-20-43(37)49(46(40)29-36)34-15-5-2-6-16-34/h1-31H. The summed E-state index contributed by atoms with van der Waals surface area (Å²) in [6.45, 7) is 0. The van der Waals surface area contributed by atoms with Crippen molar-refractivity contribution in [3.8, 4) is 28.2 Å². The van der Waals surface area contributed by atoms with Gasteiger partial charge in [0, 0.05) is 49.4 Å². The van der Waals surface area contributed by atoms with E-state index in [4.69, 9.17) is 0 Å². The lowest BCUT2D eigenvalue weighted by Crippen LogP contribution is -1.97. The second kappa shape index (κ2) is 10.8. The Hall–Kier alpha value is -6.84. The highest BCUT2D eigenvalue weighted by molar-refractivity contribution is 6.19. The largest absolute Gasteiger partial charge is 0.309 e. The minimum atomic E-state index is 1.15. The molecule has 0 bridgehead atoms. The first-order valence-corrected chi connectivity index (χ1v) is 17.5. The van der Waals surface area contributed by atoms with E-state index in [2.05, 4.69) is 202 Å². The molecule has 3 heteroatoms. The zero-order valence-electron chi connectivity index (χ0n) is 27.7. The zero-order chi connectivity index (χ0) is 33.5. The number of nitrogens with zero attached hydrogens (tertiary/aromatic N) is 3. The molecule has 3 heterocycles. The lowest BCUT2D eigenvalue weighted by molar-refractivity contribution is 1.15. The Morgan fingerprint density at radius 1 is 0.216 bits per heavy atom. The van der Waals surface area contributed by atoms with Crippen LogP contribution in [-0.2, 0) is 0 Å². The van der Waals surface area contributed by atoms with Gasteiger partial charge in [0.1, 0.15) is 0 Å². The number of rotatable bonds is 4. The van der Waals surface area contributed by atoms with E-state index in [9.17, 15) is 0 Å². The van der Waals surface area contributed by atoms with Crippen molar-refractivity contribution >= 4 is 65.4 Å². The van der Waals surface area contributed by atoms with Gasteiger partial charge < -0.3 is 13.7 Å². The van der Waals surface area contributed by atoms with Gasteiger partial charge in [-0.1, -0.05) is 121 Å². The van der Waals surface area contributed by atoms with E-state index in [1.807, 2.05) is 0 Å². The molecule has 0 N–H and O–H groups in total. The van der Waals surface area contributed by atoms with E-state index in [0.717, 1.165) is 17.1 Å². The molecule has 0 spiro atoms. The van der Waals surface area contributed by atoms with Gasteiger partial charge in [-0.25, -0.2) is 0 Å². The smallest absolute Gasteiger partial charge is 0.0561 e. The lowest BCUT2D eigenvalue weighted by atomic mass is 10.1. The fraction of sp³-hybridized carbons (Fsp3) is 0. The highest BCUT2D eigenvalue weighted by Gasteiger charge is 2.20. The molecular weight excluding hydrogens is 619 g/mol. The number of aromatic nitrogens is 3. The van der Waals surface area contributed by atoms with Gasteiger partial charge in [-0.2, -0.15) is 0 Å². The van der Waals surface area contributed by atoms with E-state index >= 15 is 0 Å². The third kappa shape index (κ3) is 4.12. The van der Waals surface area contributed by atoms with Gasteiger partial charge in [0.2, 0.25) is 0 Å². The fourth-order valence-electron chi connectivity index (χ4n) is 8.37. The summed E-state index contributed by atoms with van der Waals surface area (Å²) in [6.07, 6.45) is 0. The summed E-state index contributed by atoms with van der Waals surface area (Å²) < 4.78 is 7.28. The minimum Gasteiger partial charge on any atom is -0.309 e. The second-order valence-electron chi connectivity index (χ2n) is 13.4. The average Bonchev–Trinajstić information content (AvgIpc) is 3.83. The molecule has 11 rings (SSSR count). The number of hydrogen-bond donors (Lipinski definition) is 0. The summed E-state index contributed by atoms with van der Waals surface area (Å²) in [5.41, 5.74) is 13.1. The SMILES string of the molecule is c1ccc(-c2ccc(-n3c4ccccc4c4cc5c(cc43)c3ccccc3n5-c3ccc4c5ccccc5n(-c5ccccc5)c4c3)cc2)cc1. The van der Waals surface area contributed by atoms with Crippen LogP contribution >= 0.6 is 0 Å². The highest BCUT2D eigenvalue weighted by Crippen LogP contribution is 2.41. The summed E-state index contributed by atoms with van der Waals surface area (Å²) >= 11 is 0. The molecule has 0 fully saturated rings. The van der Waals surface area contributed by atoms with Crippen LogP contribution in [0.25, 0.3) is 93.6 Å². The Bertz CT molecular complexity index is 3110. The van der Waals surface area contributed by atoms with Crippen molar-refractivity contribution in [3.63, 3.8) is 0 Å². The predicted molar refractivity (Wildman–Crippen MR) is 215 cm³/mol. The van der Waals surface area contributed by atoms with Crippen LogP contribution in [0.4, 0.5) is 0 Å². The monoisotopic (exact) mass is 649 g/mol. The van der Waals surface area contributed by atoms with Crippen LogP contribution in [-0.4, -0.2) is 13.7 Å². The first-order valence-electron chi connectivity index (χ1n) is 17.5. The van der Waals surface area contributed by atoms with Gasteiger partial charge >= 0.3 is 0 Å². The molecule has 51 heavy (non-hydrogen) atoms. The van der Waals surface area contributed by atoms with Crippen LogP contribution in [0.15, 0.2) is 188 Å². The van der Waals surface area contributed by atoms with Gasteiger partial charge in [-0.15, -0.1) is 0 Å². The maximum absolute atomic E-state index is 2.46. The number of benzene rings is 8. The molecule has 0 unspecified atom stereocenters. The molecule has 0 radical (unpaired) electrons. The maximum Gasteiger partial charge on any atom is 0.0561 e. The summed E-state index contributed by atoms with van der Waals surface area (Å²) in [7, 11) is 0. The number of para-hydroxylation sites is 4. The molecule has 0 aliphatic carbocycles. The normalized spacial score (nSPS) is 11.9. The summed E-state index contributed by atoms with van der Waals surface area (Å²) in [5.74, 6) is 0. The molecule has 3 nitrogen and oxygen atoms in total. The molecule has 8 aromatic carbocycles. The lowest BCUT2D eigenvalue weighted by Gasteiger charge is -2.12. The van der Waals surface area contributed by atoms with Crippen molar-refractivity contribution in [1.29, 1.82) is 0 Å². The predicted octanol–water partition coefficient (Wildman–Crippen LogP) is 12.6. The quantitative estimate of drug-likeness (QED) is 0.180. The first kappa shape index (κ1) is 28.0. The van der Waals surface area contributed by atoms with Gasteiger partial charge in [-0.05, 0) is 77.9 Å². The molecule has 0 amide bonds. The van der Waals surface area contributed by atoms with Crippen molar-refractivity contribution in [2.24, 2.45) is 0 Å². The number of fused-ring (bicyclic) bond motifs is 9. The third-order valence-electron chi connectivity index (χ3n) is 10.6. The molecule has 0 atom stereocenters. The second-order valence-corrected chi connectivity index (χ2v) is 13.4. The van der Waals surface area contributed by atoms with Gasteiger partial charge in [0.05, 0.1) is 33.1 Å². The van der Waals surface area contributed by atoms with Crippen LogP contribution in [0.3, 0.4) is 0 Å². The van der Waals surface area contributed by atoms with Crippen molar-refractivity contribution in [2.75, 3.05) is 0 Å². The van der Waals surface area contributed by atoms with E-state index in [-0.39, 0.29) is 0 Å². The van der Waals surface area contributed by atoms with Gasteiger partial charge in [0.15, 0.2) is 0 Å². The Morgan fingerprint density at radius 2 is 0.588 bits per heavy atom. The summed E-state index contributed by atoms with van der Waals surface area (Å²) in [6, 6.07) is 68.4. The van der Waals surface area contributed by atoms with E-state index in [0.29, 0.717) is 0 Å². The Balaban J connectivity index is 1.18. The Morgan fingerprint density at radius 3 is 1.16 bits per heavy atom. The van der Waals surface area contributed by atoms with Gasteiger partial charge in [0.25, 0.3) is 0 Å². The zero-order valence-corrected chi connectivity index (χ0v) is 27.7. The molecule has 11 aromatic rings. The van der Waals surface area contributed by atoms with Crippen LogP contribution in [0.1, 0.15) is 0 Å². The summed E-state index contributed by atoms with van der Waals surface area (Å²) in [4.78, 5) is 0. The molecular formula is C48H31N3. The Kier molecular flexibility index (Phi) is 5.96. The topological polar surface area (TPSA) is 14.8 Å². The molecule has 0 saturated heterocycles. The molecule has 3 aromatic heterocycles. The summed E-state index contributed by atoms with van der Waals surface area (Å²) in [5, 5.41) is 7.49. The first-order chi connectivity index (χ1) is 25.3.